The number of nitrogens with zero attached hydrogens (tertiary/aromatic N) is 1. The lowest BCUT2D eigenvalue weighted by molar-refractivity contribution is 0.548. The molecule has 0 spiro atoms. The molecule has 0 amide bonds. The summed E-state index contributed by atoms with van der Waals surface area (Å²) < 4.78 is 32.6. The summed E-state index contributed by atoms with van der Waals surface area (Å²) in [6, 6.07) is 15.9. The van der Waals surface area contributed by atoms with Crippen molar-refractivity contribution in [1.82, 2.24) is 0 Å². The molecule has 0 atom stereocenters. The topological polar surface area (TPSA) is 67.8 Å². The van der Waals surface area contributed by atoms with E-state index in [1.54, 1.807) is 36.4 Å². The molecule has 0 unspecified atom stereocenters. The molecule has 0 saturated carbocycles. The van der Waals surface area contributed by atoms with E-state index in [9.17, 15) is 8.42 Å². The molecular weight excluding hydrogens is 356 g/mol. The van der Waals surface area contributed by atoms with Gasteiger partial charge in [0.2, 0.25) is 0 Å². The van der Waals surface area contributed by atoms with Gasteiger partial charge in [0.05, 0.1) is 6.26 Å². The molecule has 0 aromatic heterocycles. The van der Waals surface area contributed by atoms with E-state index in [0.717, 1.165) is 10.7 Å². The highest BCUT2D eigenvalue weighted by Gasteiger charge is 2.08. The maximum atomic E-state index is 11.4. The molecule has 7 heteroatoms. The lowest BCUT2D eigenvalue weighted by atomic mass is 10.3. The third-order valence-corrected chi connectivity index (χ3v) is 3.27. The average molecular weight is 369 g/mol. The van der Waals surface area contributed by atoms with E-state index in [0.29, 0.717) is 11.4 Å². The molecule has 2 rings (SSSR count). The lowest BCUT2D eigenvalue weighted by Gasteiger charge is -2.10. The van der Waals surface area contributed by atoms with Gasteiger partial charge < -0.3 is 10.1 Å². The summed E-state index contributed by atoms with van der Waals surface area (Å²) >= 11 is 3.34. The van der Waals surface area contributed by atoms with Crippen molar-refractivity contribution in [3.8, 4) is 5.75 Å². The highest BCUT2D eigenvalue weighted by molar-refractivity contribution is 9.10. The summed E-state index contributed by atoms with van der Waals surface area (Å²) in [5.74, 6) is 0.488. The van der Waals surface area contributed by atoms with Crippen molar-refractivity contribution < 1.29 is 13.2 Å². The maximum Gasteiger partial charge on any atom is 0.310 e. The zero-order valence-electron chi connectivity index (χ0n) is 11.2. The van der Waals surface area contributed by atoms with Crippen molar-refractivity contribution in [1.29, 1.82) is 0 Å². The molecule has 5 nitrogen and oxygen atoms in total. The summed E-state index contributed by atoms with van der Waals surface area (Å²) in [6.45, 7) is 0. The van der Waals surface area contributed by atoms with Gasteiger partial charge in [0.25, 0.3) is 10.0 Å². The van der Waals surface area contributed by atoms with Crippen LogP contribution in [0.3, 0.4) is 0 Å². The van der Waals surface area contributed by atoms with Crippen LogP contribution < -0.4 is 10.1 Å². The van der Waals surface area contributed by atoms with Crippen LogP contribution in [0.4, 0.5) is 5.69 Å². The summed E-state index contributed by atoms with van der Waals surface area (Å²) in [5, 5.41) is 2.84. The number of amidine groups is 1. The van der Waals surface area contributed by atoms with Crippen LogP contribution >= 0.6 is 15.9 Å². The predicted octanol–water partition coefficient (Wildman–Crippen LogP) is 3.26. The van der Waals surface area contributed by atoms with Crippen molar-refractivity contribution in [3.63, 3.8) is 0 Å². The highest BCUT2D eigenvalue weighted by atomic mass is 79.9. The van der Waals surface area contributed by atoms with Crippen LogP contribution in [0.15, 0.2) is 63.5 Å². The number of hydrogen-bond acceptors (Lipinski definition) is 3. The standard InChI is InChI=1S/C14H13BrN2O3S/c1-21(18,19)17-14(20-13-8-3-2-4-9-13)16-12-7-5-6-11(15)10-12/h2-10H,1H3,(H,16,17). The molecular formula is C14H13BrN2O3S. The highest BCUT2D eigenvalue weighted by Crippen LogP contribution is 2.17. The van der Waals surface area contributed by atoms with Crippen molar-refractivity contribution in [3.05, 3.63) is 59.1 Å². The SMILES string of the molecule is CS(=O)(=O)N=C(Nc1cccc(Br)c1)Oc1ccccc1. The molecule has 0 saturated heterocycles. The lowest BCUT2D eigenvalue weighted by Crippen LogP contribution is -2.21. The molecule has 0 radical (unpaired) electrons. The molecule has 21 heavy (non-hydrogen) atoms. The third kappa shape index (κ3) is 5.57. The Morgan fingerprint density at radius 1 is 1.14 bits per heavy atom. The van der Waals surface area contributed by atoms with Crippen LogP contribution in [0.25, 0.3) is 0 Å². The smallest absolute Gasteiger partial charge is 0.310 e. The Kier molecular flexibility index (Phi) is 4.98. The number of para-hydroxylation sites is 1. The fraction of sp³-hybridized carbons (Fsp3) is 0.0714. The number of anilines is 1. The van der Waals surface area contributed by atoms with Gasteiger partial charge in [0.15, 0.2) is 0 Å². The number of rotatable bonds is 3. The van der Waals surface area contributed by atoms with E-state index >= 15 is 0 Å². The van der Waals surface area contributed by atoms with Gasteiger partial charge in [-0.2, -0.15) is 0 Å². The fourth-order valence-corrected chi connectivity index (χ4v) is 2.29. The van der Waals surface area contributed by atoms with Crippen molar-refractivity contribution in [2.45, 2.75) is 0 Å². The van der Waals surface area contributed by atoms with Gasteiger partial charge in [-0.1, -0.05) is 40.2 Å². The molecule has 2 aromatic rings. The Labute approximate surface area is 131 Å². The van der Waals surface area contributed by atoms with Gasteiger partial charge in [0, 0.05) is 10.2 Å². The van der Waals surface area contributed by atoms with Crippen LogP contribution in [0.5, 0.6) is 5.75 Å². The van der Waals surface area contributed by atoms with Gasteiger partial charge in [0.1, 0.15) is 5.75 Å². The molecule has 0 fully saturated rings. The number of sulfonamides is 1. The van der Waals surface area contributed by atoms with Crippen molar-refractivity contribution in [2.75, 3.05) is 11.6 Å². The minimum Gasteiger partial charge on any atom is -0.425 e. The first-order valence-electron chi connectivity index (χ1n) is 5.98. The number of hydrogen-bond donors (Lipinski definition) is 1. The normalized spacial score (nSPS) is 12.0. The number of benzene rings is 2. The Morgan fingerprint density at radius 3 is 2.48 bits per heavy atom. The van der Waals surface area contributed by atoms with Gasteiger partial charge in [-0.05, 0) is 30.3 Å². The van der Waals surface area contributed by atoms with Gasteiger partial charge in [-0.3, -0.25) is 0 Å². The Morgan fingerprint density at radius 2 is 1.86 bits per heavy atom. The zero-order valence-corrected chi connectivity index (χ0v) is 13.6. The molecule has 0 aliphatic heterocycles. The summed E-state index contributed by atoms with van der Waals surface area (Å²) in [4.78, 5) is 0. The largest absolute Gasteiger partial charge is 0.425 e. The second-order valence-electron chi connectivity index (χ2n) is 4.18. The van der Waals surface area contributed by atoms with E-state index in [4.69, 9.17) is 4.74 Å². The third-order valence-electron chi connectivity index (χ3n) is 2.28. The van der Waals surface area contributed by atoms with Gasteiger partial charge in [-0.25, -0.2) is 8.42 Å². The maximum absolute atomic E-state index is 11.4. The van der Waals surface area contributed by atoms with Crippen LogP contribution in [0.1, 0.15) is 0 Å². The Hall–Kier alpha value is -1.86. The van der Waals surface area contributed by atoms with Gasteiger partial charge >= 0.3 is 6.02 Å². The summed E-state index contributed by atoms with van der Waals surface area (Å²) in [5.41, 5.74) is 0.655. The second-order valence-corrected chi connectivity index (χ2v) is 6.74. The van der Waals surface area contributed by atoms with Crippen LogP contribution in [0.2, 0.25) is 0 Å². The Bertz CT molecular complexity index is 746. The minimum absolute atomic E-state index is 0.109. The molecule has 0 aliphatic rings. The fourth-order valence-electron chi connectivity index (χ4n) is 1.51. The number of halogens is 1. The first kappa shape index (κ1) is 15.5. The van der Waals surface area contributed by atoms with Crippen molar-refractivity contribution in [2.24, 2.45) is 4.40 Å². The molecule has 0 heterocycles. The molecule has 1 N–H and O–H groups in total. The van der Waals surface area contributed by atoms with E-state index < -0.39 is 10.0 Å². The van der Waals surface area contributed by atoms with Gasteiger partial charge in [-0.15, -0.1) is 4.40 Å². The molecule has 2 aromatic carbocycles. The predicted molar refractivity (Wildman–Crippen MR) is 87.1 cm³/mol. The van der Waals surface area contributed by atoms with Crippen LogP contribution in [-0.2, 0) is 10.0 Å². The number of ether oxygens (including phenoxy) is 1. The van der Waals surface area contributed by atoms with E-state index in [1.807, 2.05) is 18.2 Å². The number of nitrogens with one attached hydrogen (secondary N) is 1. The van der Waals surface area contributed by atoms with E-state index in [1.165, 1.54) is 0 Å². The molecule has 110 valence electrons. The minimum atomic E-state index is -3.58. The van der Waals surface area contributed by atoms with Crippen LogP contribution in [-0.4, -0.2) is 20.7 Å². The summed E-state index contributed by atoms with van der Waals surface area (Å²) in [6.07, 6.45) is 1.00. The first-order chi connectivity index (χ1) is 9.92. The molecule has 0 aliphatic carbocycles. The second kappa shape index (κ2) is 6.73. The quantitative estimate of drug-likeness (QED) is 0.666. The van der Waals surface area contributed by atoms with E-state index in [2.05, 4.69) is 25.6 Å². The summed E-state index contributed by atoms with van der Waals surface area (Å²) in [7, 11) is -3.58. The average Bonchev–Trinajstić information content (AvgIpc) is 2.37. The molecule has 0 bridgehead atoms. The van der Waals surface area contributed by atoms with Crippen molar-refractivity contribution >= 4 is 37.7 Å². The van der Waals surface area contributed by atoms with E-state index in [-0.39, 0.29) is 6.02 Å². The monoisotopic (exact) mass is 368 g/mol. The first-order valence-corrected chi connectivity index (χ1v) is 8.62. The zero-order chi connectivity index (χ0) is 15.3. The Balaban J connectivity index is 2.27. The van der Waals surface area contributed by atoms with Crippen LogP contribution in [0, 0.1) is 0 Å².